The predicted octanol–water partition coefficient (Wildman–Crippen LogP) is 2.48. The van der Waals surface area contributed by atoms with Crippen molar-refractivity contribution in [1.29, 1.82) is 0 Å². The van der Waals surface area contributed by atoms with Crippen LogP contribution >= 0.6 is 15.9 Å². The summed E-state index contributed by atoms with van der Waals surface area (Å²) in [7, 11) is -2.06. The summed E-state index contributed by atoms with van der Waals surface area (Å²) in [6.45, 7) is 1.22. The molecule has 20 heavy (non-hydrogen) atoms. The van der Waals surface area contributed by atoms with Gasteiger partial charge in [-0.1, -0.05) is 22.4 Å². The third-order valence-electron chi connectivity index (χ3n) is 3.38. The molecule has 1 saturated heterocycles. The van der Waals surface area contributed by atoms with E-state index in [-0.39, 0.29) is 11.4 Å². The molecule has 1 aromatic rings. The lowest BCUT2D eigenvalue weighted by Crippen LogP contribution is -2.36. The molecule has 0 radical (unpaired) electrons. The first-order valence-electron chi connectivity index (χ1n) is 6.59. The topological polar surface area (TPSA) is 49.4 Å². The van der Waals surface area contributed by atoms with Gasteiger partial charge in [0.05, 0.1) is 0 Å². The van der Waals surface area contributed by atoms with Gasteiger partial charge in [0.1, 0.15) is 10.7 Å². The minimum absolute atomic E-state index is 0.237. The second-order valence-corrected chi connectivity index (χ2v) is 7.69. The Morgan fingerprint density at radius 1 is 1.30 bits per heavy atom. The second kappa shape index (κ2) is 6.51. The summed E-state index contributed by atoms with van der Waals surface area (Å²) in [6.07, 6.45) is 2.69. The summed E-state index contributed by atoms with van der Waals surface area (Å²) in [6, 6.07) is 2.94. The molecular weight excluding hydrogens is 347 g/mol. The van der Waals surface area contributed by atoms with Crippen molar-refractivity contribution in [3.8, 4) is 0 Å². The zero-order chi connectivity index (χ0) is 14.8. The first-order chi connectivity index (χ1) is 9.46. The van der Waals surface area contributed by atoms with Gasteiger partial charge in [-0.3, -0.25) is 0 Å². The maximum atomic E-state index is 14.4. The number of hydrogen-bond acceptors (Lipinski definition) is 3. The van der Waals surface area contributed by atoms with Gasteiger partial charge in [-0.2, -0.15) is 4.31 Å². The Labute approximate surface area is 127 Å². The maximum Gasteiger partial charge on any atom is 0.246 e. The molecule has 1 fully saturated rings. The molecule has 2 rings (SSSR count). The number of rotatable bonds is 4. The molecule has 0 saturated carbocycles. The second-order valence-electron chi connectivity index (χ2n) is 4.87. The highest BCUT2D eigenvalue weighted by molar-refractivity contribution is 9.10. The minimum atomic E-state index is -3.76. The van der Waals surface area contributed by atoms with E-state index in [0.717, 1.165) is 19.3 Å². The molecule has 1 aliphatic rings. The van der Waals surface area contributed by atoms with E-state index in [1.807, 2.05) is 0 Å². The number of nitrogens with one attached hydrogen (secondary N) is 1. The summed E-state index contributed by atoms with van der Waals surface area (Å²) in [5, 5.41) is 2.84. The van der Waals surface area contributed by atoms with Crippen LogP contribution in [0.1, 0.15) is 24.8 Å². The summed E-state index contributed by atoms with van der Waals surface area (Å²) >= 11 is 3.26. The Morgan fingerprint density at radius 2 is 1.95 bits per heavy atom. The van der Waals surface area contributed by atoms with Gasteiger partial charge in [0.2, 0.25) is 10.0 Å². The summed E-state index contributed by atoms with van der Waals surface area (Å²) in [4.78, 5) is -0.237. The van der Waals surface area contributed by atoms with Crippen molar-refractivity contribution in [2.75, 3.05) is 20.1 Å². The van der Waals surface area contributed by atoms with Crippen LogP contribution in [0.15, 0.2) is 21.5 Å². The van der Waals surface area contributed by atoms with Crippen LogP contribution < -0.4 is 5.32 Å². The number of hydrogen-bond donors (Lipinski definition) is 1. The van der Waals surface area contributed by atoms with Crippen molar-refractivity contribution in [1.82, 2.24) is 9.62 Å². The summed E-state index contributed by atoms with van der Waals surface area (Å²) in [5.74, 6) is -0.659. The van der Waals surface area contributed by atoms with Crippen molar-refractivity contribution in [2.45, 2.75) is 30.7 Å². The molecule has 1 N–H and O–H groups in total. The van der Waals surface area contributed by atoms with Crippen molar-refractivity contribution in [3.63, 3.8) is 0 Å². The smallest absolute Gasteiger partial charge is 0.246 e. The Hall–Kier alpha value is -0.500. The van der Waals surface area contributed by atoms with Crippen LogP contribution in [0.4, 0.5) is 4.39 Å². The van der Waals surface area contributed by atoms with Crippen LogP contribution in [0.25, 0.3) is 0 Å². The maximum absolute atomic E-state index is 14.4. The van der Waals surface area contributed by atoms with Gasteiger partial charge in [0.15, 0.2) is 0 Å². The SMILES string of the molecule is CNCc1cc(Br)cc(S(=O)(=O)N2CCCCC2)c1F. The molecule has 0 amide bonds. The Bertz CT molecular complexity index is 586. The minimum Gasteiger partial charge on any atom is -0.316 e. The molecule has 4 nitrogen and oxygen atoms in total. The fraction of sp³-hybridized carbons (Fsp3) is 0.538. The van der Waals surface area contributed by atoms with Gasteiger partial charge in [0.25, 0.3) is 0 Å². The number of halogens is 2. The van der Waals surface area contributed by atoms with E-state index < -0.39 is 15.8 Å². The molecule has 1 aromatic carbocycles. The van der Waals surface area contributed by atoms with Gasteiger partial charge in [-0.25, -0.2) is 12.8 Å². The highest BCUT2D eigenvalue weighted by Crippen LogP contribution is 2.28. The van der Waals surface area contributed by atoms with Crippen molar-refractivity contribution < 1.29 is 12.8 Å². The molecule has 0 unspecified atom stereocenters. The van der Waals surface area contributed by atoms with E-state index in [9.17, 15) is 12.8 Å². The number of nitrogens with zero attached hydrogens (tertiary/aromatic N) is 1. The average molecular weight is 365 g/mol. The van der Waals surface area contributed by atoms with Gasteiger partial charge < -0.3 is 5.32 Å². The third-order valence-corrected chi connectivity index (χ3v) is 5.74. The van der Waals surface area contributed by atoms with Crippen LogP contribution in [-0.4, -0.2) is 32.9 Å². The molecule has 0 bridgehead atoms. The zero-order valence-electron chi connectivity index (χ0n) is 11.3. The zero-order valence-corrected chi connectivity index (χ0v) is 13.7. The van der Waals surface area contributed by atoms with Gasteiger partial charge in [0, 0.05) is 29.7 Å². The van der Waals surface area contributed by atoms with E-state index >= 15 is 0 Å². The summed E-state index contributed by atoms with van der Waals surface area (Å²) in [5.41, 5.74) is 0.345. The normalized spacial score (nSPS) is 17.4. The molecule has 7 heteroatoms. The first kappa shape index (κ1) is 15.9. The van der Waals surface area contributed by atoms with Crippen LogP contribution in [0.2, 0.25) is 0 Å². The van der Waals surface area contributed by atoms with Crippen molar-refractivity contribution >= 4 is 26.0 Å². The van der Waals surface area contributed by atoms with Crippen LogP contribution in [-0.2, 0) is 16.6 Å². The molecule has 0 spiro atoms. The molecule has 1 aliphatic heterocycles. The van der Waals surface area contributed by atoms with E-state index in [4.69, 9.17) is 0 Å². The Morgan fingerprint density at radius 3 is 2.55 bits per heavy atom. The predicted molar refractivity (Wildman–Crippen MR) is 79.5 cm³/mol. The van der Waals surface area contributed by atoms with Crippen molar-refractivity contribution in [2.24, 2.45) is 0 Å². The average Bonchev–Trinajstić information content (AvgIpc) is 2.43. The van der Waals surface area contributed by atoms with Crippen LogP contribution in [0.5, 0.6) is 0 Å². The lowest BCUT2D eigenvalue weighted by molar-refractivity contribution is 0.345. The Balaban J connectivity index is 2.45. The third kappa shape index (κ3) is 3.21. The first-order valence-corrected chi connectivity index (χ1v) is 8.83. The molecule has 0 atom stereocenters. The van der Waals surface area contributed by atoms with E-state index in [0.29, 0.717) is 23.1 Å². The quantitative estimate of drug-likeness (QED) is 0.892. The van der Waals surface area contributed by atoms with Gasteiger partial charge in [-0.15, -0.1) is 0 Å². The fourth-order valence-electron chi connectivity index (χ4n) is 2.37. The molecule has 1 heterocycles. The molecule has 0 aromatic heterocycles. The van der Waals surface area contributed by atoms with Gasteiger partial charge >= 0.3 is 0 Å². The fourth-order valence-corrected chi connectivity index (χ4v) is 4.68. The monoisotopic (exact) mass is 364 g/mol. The summed E-state index contributed by atoms with van der Waals surface area (Å²) < 4.78 is 41.5. The van der Waals surface area contributed by atoms with E-state index in [1.54, 1.807) is 13.1 Å². The number of piperidine rings is 1. The van der Waals surface area contributed by atoms with Crippen molar-refractivity contribution in [3.05, 3.63) is 28.0 Å². The highest BCUT2D eigenvalue weighted by Gasteiger charge is 2.29. The molecular formula is C13H18BrFN2O2S. The molecule has 112 valence electrons. The lowest BCUT2D eigenvalue weighted by atomic mass is 10.2. The highest BCUT2D eigenvalue weighted by atomic mass is 79.9. The number of sulfonamides is 1. The van der Waals surface area contributed by atoms with Gasteiger partial charge in [-0.05, 0) is 32.0 Å². The van der Waals surface area contributed by atoms with E-state index in [2.05, 4.69) is 21.2 Å². The molecule has 0 aliphatic carbocycles. The van der Waals surface area contributed by atoms with E-state index in [1.165, 1.54) is 10.4 Å². The lowest BCUT2D eigenvalue weighted by Gasteiger charge is -2.26. The van der Waals surface area contributed by atoms with Crippen LogP contribution in [0, 0.1) is 5.82 Å². The largest absolute Gasteiger partial charge is 0.316 e. The number of benzene rings is 1. The Kier molecular flexibility index (Phi) is 5.17. The standard InChI is InChI=1S/C13H18BrFN2O2S/c1-16-9-10-7-11(14)8-12(13(10)15)20(18,19)17-5-3-2-4-6-17/h7-8,16H,2-6,9H2,1H3. The van der Waals surface area contributed by atoms with Crippen LogP contribution in [0.3, 0.4) is 0 Å².